The number of hydrogen-bond donors (Lipinski definition) is 3. The van der Waals surface area contributed by atoms with Gasteiger partial charge < -0.3 is 20.4 Å². The van der Waals surface area contributed by atoms with Crippen molar-refractivity contribution in [2.75, 3.05) is 40.8 Å². The molecular weight excluding hydrogens is 549 g/mol. The lowest BCUT2D eigenvalue weighted by Gasteiger charge is -2.43. The molecule has 1 aliphatic rings. The van der Waals surface area contributed by atoms with Crippen LogP contribution in [0.15, 0.2) is 66.7 Å². The summed E-state index contributed by atoms with van der Waals surface area (Å²) in [5.41, 5.74) is 1.58. The molecule has 228 valence electrons. The average Bonchev–Trinajstić information content (AvgIpc) is 2.99. The molecule has 4 atom stereocenters. The first kappa shape index (κ1) is 31.8. The second-order valence-corrected chi connectivity index (χ2v) is 11.5. The van der Waals surface area contributed by atoms with Crippen molar-refractivity contribution >= 4 is 17.5 Å². The lowest BCUT2D eigenvalue weighted by Crippen LogP contribution is -2.51. The molecule has 1 amide bonds. The van der Waals surface area contributed by atoms with Crippen LogP contribution in [0, 0.1) is 24.6 Å². The lowest BCUT2D eigenvalue weighted by molar-refractivity contribution is -0.125. The number of ketones is 2. The molecule has 0 aromatic heterocycles. The molecule has 0 saturated carbocycles. The summed E-state index contributed by atoms with van der Waals surface area (Å²) >= 11 is 0. The van der Waals surface area contributed by atoms with Crippen molar-refractivity contribution in [3.8, 4) is 11.5 Å². The van der Waals surface area contributed by atoms with Crippen LogP contribution < -0.4 is 5.32 Å². The fraction of sp³-hybridized carbons (Fsp3) is 0.382. The summed E-state index contributed by atoms with van der Waals surface area (Å²) < 4.78 is 14.9. The second kappa shape index (κ2) is 13.9. The van der Waals surface area contributed by atoms with Gasteiger partial charge in [-0.3, -0.25) is 19.3 Å². The van der Waals surface area contributed by atoms with Gasteiger partial charge in [0.1, 0.15) is 17.3 Å². The van der Waals surface area contributed by atoms with Gasteiger partial charge in [0.25, 0.3) is 0 Å². The minimum absolute atomic E-state index is 0.0479. The Morgan fingerprint density at radius 3 is 1.95 bits per heavy atom. The van der Waals surface area contributed by atoms with Crippen molar-refractivity contribution in [3.05, 3.63) is 94.8 Å². The Bertz CT molecular complexity index is 1410. The molecule has 0 bridgehead atoms. The molecule has 8 nitrogen and oxygen atoms in total. The second-order valence-electron chi connectivity index (χ2n) is 11.5. The molecule has 9 heteroatoms. The molecule has 1 heterocycles. The van der Waals surface area contributed by atoms with Crippen molar-refractivity contribution in [1.29, 1.82) is 0 Å². The summed E-state index contributed by atoms with van der Waals surface area (Å²) in [5.74, 6) is -3.22. The van der Waals surface area contributed by atoms with E-state index in [0.29, 0.717) is 54.7 Å². The number of nitrogens with zero attached hydrogens (tertiary/aromatic N) is 2. The van der Waals surface area contributed by atoms with Gasteiger partial charge in [0.05, 0.1) is 6.04 Å². The number of piperidine rings is 1. The first-order valence-electron chi connectivity index (χ1n) is 14.5. The van der Waals surface area contributed by atoms with E-state index in [1.165, 1.54) is 30.3 Å². The van der Waals surface area contributed by atoms with Crippen LogP contribution >= 0.6 is 0 Å². The summed E-state index contributed by atoms with van der Waals surface area (Å²) in [7, 11) is 5.30. The van der Waals surface area contributed by atoms with E-state index in [4.69, 9.17) is 0 Å². The van der Waals surface area contributed by atoms with Crippen LogP contribution in [0.5, 0.6) is 11.5 Å². The number of carbonyl (C=O) groups is 3. The zero-order valence-electron chi connectivity index (χ0n) is 25.1. The van der Waals surface area contributed by atoms with Gasteiger partial charge in [-0.2, -0.15) is 0 Å². The summed E-state index contributed by atoms with van der Waals surface area (Å²) in [6.45, 7) is 2.81. The molecule has 1 saturated heterocycles. The molecule has 0 aliphatic carbocycles. The molecule has 1 fully saturated rings. The van der Waals surface area contributed by atoms with Crippen LogP contribution in [0.2, 0.25) is 0 Å². The summed E-state index contributed by atoms with van der Waals surface area (Å²) in [6, 6.07) is 16.7. The highest BCUT2D eigenvalue weighted by Gasteiger charge is 2.45. The van der Waals surface area contributed by atoms with E-state index in [0.717, 1.165) is 0 Å². The molecule has 0 spiro atoms. The fourth-order valence-corrected chi connectivity index (χ4v) is 6.28. The number of benzene rings is 3. The van der Waals surface area contributed by atoms with Crippen LogP contribution in [-0.2, 0) is 4.79 Å². The normalized spacial score (nSPS) is 19.6. The summed E-state index contributed by atoms with van der Waals surface area (Å²) in [5, 5.41) is 23.0. The van der Waals surface area contributed by atoms with Crippen LogP contribution in [0.3, 0.4) is 0 Å². The third-order valence-electron chi connectivity index (χ3n) is 8.50. The van der Waals surface area contributed by atoms with Gasteiger partial charge in [-0.15, -0.1) is 0 Å². The number of nitrogens with one attached hydrogen (secondary N) is 1. The maximum Gasteiger partial charge on any atom is 0.237 e. The molecule has 3 aromatic rings. The SMILES string of the molecule is CNC(=O)[C@H](CCCN1C[C@H](C(=O)c2cccc(O)c2)[C@@H](c2cccc(F)c2C)[C@H](C(=O)c2cccc(O)c2)C1)N(C)C. The van der Waals surface area contributed by atoms with E-state index in [1.54, 1.807) is 50.4 Å². The average molecular weight is 590 g/mol. The van der Waals surface area contributed by atoms with Gasteiger partial charge in [-0.05, 0) is 81.9 Å². The van der Waals surface area contributed by atoms with Gasteiger partial charge in [0.2, 0.25) is 5.91 Å². The maximum absolute atomic E-state index is 14.9. The predicted molar refractivity (Wildman–Crippen MR) is 163 cm³/mol. The first-order chi connectivity index (χ1) is 20.5. The number of hydrogen-bond acceptors (Lipinski definition) is 7. The number of Topliss-reactive ketones (excluding diaryl/α,β-unsaturated/α-hetero) is 2. The molecule has 0 radical (unpaired) electrons. The number of carbonyl (C=O) groups excluding carboxylic acids is 3. The Labute approximate surface area is 252 Å². The number of phenols is 2. The van der Waals surface area contributed by atoms with Crippen molar-refractivity contribution in [2.24, 2.45) is 11.8 Å². The van der Waals surface area contributed by atoms with Crippen LogP contribution in [0.25, 0.3) is 0 Å². The topological polar surface area (TPSA) is 110 Å². The summed E-state index contributed by atoms with van der Waals surface area (Å²) in [6.07, 6.45) is 1.21. The van der Waals surface area contributed by atoms with E-state index in [1.807, 2.05) is 19.0 Å². The van der Waals surface area contributed by atoms with Crippen molar-refractivity contribution < 1.29 is 29.0 Å². The standard InChI is InChI=1S/C34H40FN3O5/c1-21-26(13-7-14-29(21)35)31-27(32(41)22-9-5-11-24(39)17-22)19-38(16-8-15-30(37(3)4)34(43)36-2)20-28(31)33(42)23-10-6-12-25(40)18-23/h5-7,9-14,17-18,27-28,30-31,39-40H,8,15-16,19-20H2,1-4H3,(H,36,43)/t27-,28+,30-,31+/m0/s1. The van der Waals surface area contributed by atoms with Crippen LogP contribution in [0.4, 0.5) is 4.39 Å². The number of aromatic hydroxyl groups is 2. The van der Waals surface area contributed by atoms with Crippen molar-refractivity contribution in [3.63, 3.8) is 0 Å². The maximum atomic E-state index is 14.9. The van der Waals surface area contributed by atoms with Crippen molar-refractivity contribution in [2.45, 2.75) is 31.7 Å². The number of phenolic OH excluding ortho intramolecular Hbond substituents is 2. The third kappa shape index (κ3) is 7.29. The highest BCUT2D eigenvalue weighted by molar-refractivity contribution is 6.02. The van der Waals surface area contributed by atoms with E-state index >= 15 is 0 Å². The Balaban J connectivity index is 1.76. The largest absolute Gasteiger partial charge is 0.508 e. The van der Waals surface area contributed by atoms with Gasteiger partial charge in [-0.25, -0.2) is 4.39 Å². The van der Waals surface area contributed by atoms with Gasteiger partial charge in [0, 0.05) is 49.0 Å². The first-order valence-corrected chi connectivity index (χ1v) is 14.5. The number of halogens is 1. The molecule has 0 unspecified atom stereocenters. The van der Waals surface area contributed by atoms with Crippen LogP contribution in [-0.4, -0.2) is 84.3 Å². The van der Waals surface area contributed by atoms with Crippen LogP contribution in [0.1, 0.15) is 50.6 Å². The van der Waals surface area contributed by atoms with Gasteiger partial charge in [-0.1, -0.05) is 36.4 Å². The number of amides is 1. The van der Waals surface area contributed by atoms with E-state index in [9.17, 15) is 29.0 Å². The smallest absolute Gasteiger partial charge is 0.237 e. The quantitative estimate of drug-likeness (QED) is 0.285. The Morgan fingerprint density at radius 1 is 0.930 bits per heavy atom. The summed E-state index contributed by atoms with van der Waals surface area (Å²) in [4.78, 5) is 44.7. The van der Waals surface area contributed by atoms with Crippen molar-refractivity contribution in [1.82, 2.24) is 15.1 Å². The van der Waals surface area contributed by atoms with Gasteiger partial charge in [0.15, 0.2) is 11.6 Å². The monoisotopic (exact) mass is 589 g/mol. The Hall–Kier alpha value is -4.08. The number of likely N-dealkylation sites (tertiary alicyclic amines) is 1. The number of rotatable bonds is 11. The molecule has 4 rings (SSSR count). The minimum Gasteiger partial charge on any atom is -0.508 e. The minimum atomic E-state index is -0.731. The van der Waals surface area contributed by atoms with E-state index in [-0.39, 0.29) is 35.0 Å². The third-order valence-corrected chi connectivity index (χ3v) is 8.50. The zero-order chi connectivity index (χ0) is 31.3. The van der Waals surface area contributed by atoms with E-state index in [2.05, 4.69) is 10.2 Å². The fourth-order valence-electron chi connectivity index (χ4n) is 6.28. The molecular formula is C34H40FN3O5. The molecule has 1 aliphatic heterocycles. The molecule has 3 N–H and O–H groups in total. The highest BCUT2D eigenvalue weighted by Crippen LogP contribution is 2.43. The Kier molecular flexibility index (Phi) is 10.3. The molecule has 43 heavy (non-hydrogen) atoms. The molecule has 3 aromatic carbocycles. The van der Waals surface area contributed by atoms with E-state index < -0.39 is 23.6 Å². The number of likely N-dealkylation sites (N-methyl/N-ethyl adjacent to an activating group) is 2. The Morgan fingerprint density at radius 2 is 1.47 bits per heavy atom. The van der Waals surface area contributed by atoms with Gasteiger partial charge >= 0.3 is 0 Å². The lowest BCUT2D eigenvalue weighted by atomic mass is 9.67. The zero-order valence-corrected chi connectivity index (χ0v) is 25.1. The highest BCUT2D eigenvalue weighted by atomic mass is 19.1. The predicted octanol–water partition coefficient (Wildman–Crippen LogP) is 4.40.